The molecule has 0 spiro atoms. The zero-order valence-electron chi connectivity index (χ0n) is 14.0. The molecular weight excluding hydrogens is 343 g/mol. The Morgan fingerprint density at radius 1 is 1.21 bits per heavy atom. The maximum Gasteiger partial charge on any atom is 0.229 e. The molecule has 2 aromatic rings. The van der Waals surface area contributed by atoms with Crippen molar-refractivity contribution in [3.05, 3.63) is 40.0 Å². The second kappa shape index (κ2) is 7.58. The zero-order valence-corrected chi connectivity index (χ0v) is 15.5. The van der Waals surface area contributed by atoms with Crippen LogP contribution in [0.25, 0.3) is 0 Å². The Labute approximate surface area is 153 Å². The normalized spacial score (nSPS) is 17.8. The number of nitrogens with zero attached hydrogens (tertiary/aromatic N) is 3. The topological polar surface area (TPSA) is 41.1 Å². The van der Waals surface area contributed by atoms with Crippen LogP contribution < -0.4 is 10.2 Å². The van der Waals surface area contributed by atoms with E-state index in [2.05, 4.69) is 28.2 Å². The highest BCUT2D eigenvalue weighted by Gasteiger charge is 2.22. The largest absolute Gasteiger partial charge is 0.353 e. The molecule has 0 radical (unpaired) electrons. The maximum atomic E-state index is 6.24. The predicted molar refractivity (Wildman–Crippen MR) is 102 cm³/mol. The molecule has 4 nitrogen and oxygen atoms in total. The van der Waals surface area contributed by atoms with Crippen LogP contribution in [0, 0.1) is 6.92 Å². The number of rotatable bonds is 4. The van der Waals surface area contributed by atoms with Gasteiger partial charge in [0.05, 0.1) is 10.7 Å². The van der Waals surface area contributed by atoms with Crippen LogP contribution in [-0.2, 0) is 0 Å². The van der Waals surface area contributed by atoms with Gasteiger partial charge in [0.1, 0.15) is 5.82 Å². The number of piperidine rings is 1. The lowest BCUT2D eigenvalue weighted by molar-refractivity contribution is 0.446. The Kier molecular flexibility index (Phi) is 5.47. The third kappa shape index (κ3) is 3.93. The molecular formula is C18H22Cl2N4. The van der Waals surface area contributed by atoms with Gasteiger partial charge in [-0.3, -0.25) is 0 Å². The van der Waals surface area contributed by atoms with Crippen molar-refractivity contribution in [3.8, 4) is 0 Å². The molecule has 0 bridgehead atoms. The van der Waals surface area contributed by atoms with E-state index >= 15 is 0 Å². The number of aromatic nitrogens is 2. The highest BCUT2D eigenvalue weighted by Crippen LogP contribution is 2.29. The van der Waals surface area contributed by atoms with E-state index in [0.29, 0.717) is 22.0 Å². The van der Waals surface area contributed by atoms with Gasteiger partial charge in [0.2, 0.25) is 5.95 Å². The van der Waals surface area contributed by atoms with E-state index in [9.17, 15) is 0 Å². The predicted octanol–water partition coefficient (Wildman–Crippen LogP) is 5.60. The van der Waals surface area contributed by atoms with E-state index < -0.39 is 0 Å². The minimum atomic E-state index is 0.554. The van der Waals surface area contributed by atoms with Gasteiger partial charge >= 0.3 is 0 Å². The van der Waals surface area contributed by atoms with Crippen molar-refractivity contribution in [2.75, 3.05) is 16.8 Å². The molecule has 1 aliphatic rings. The van der Waals surface area contributed by atoms with Gasteiger partial charge in [0.25, 0.3) is 0 Å². The quantitative estimate of drug-likeness (QED) is 0.765. The number of nitrogens with one attached hydrogen (secondary N) is 1. The Hall–Kier alpha value is -1.52. The monoisotopic (exact) mass is 364 g/mol. The van der Waals surface area contributed by atoms with Crippen LogP contribution in [0.4, 0.5) is 17.5 Å². The van der Waals surface area contributed by atoms with E-state index in [0.717, 1.165) is 30.2 Å². The summed E-state index contributed by atoms with van der Waals surface area (Å²) in [6, 6.07) is 7.96. The van der Waals surface area contributed by atoms with E-state index in [1.165, 1.54) is 19.3 Å². The van der Waals surface area contributed by atoms with Crippen LogP contribution in [0.2, 0.25) is 10.0 Å². The number of hydrogen-bond acceptors (Lipinski definition) is 4. The van der Waals surface area contributed by atoms with Crippen molar-refractivity contribution in [2.45, 2.75) is 45.6 Å². The number of hydrogen-bond donors (Lipinski definition) is 1. The fourth-order valence-corrected chi connectivity index (χ4v) is 3.65. The summed E-state index contributed by atoms with van der Waals surface area (Å²) in [5.41, 5.74) is 1.69. The van der Waals surface area contributed by atoms with Gasteiger partial charge < -0.3 is 10.2 Å². The number of aryl methyl sites for hydroxylation is 1. The van der Waals surface area contributed by atoms with Crippen molar-refractivity contribution in [1.29, 1.82) is 0 Å². The van der Waals surface area contributed by atoms with Crippen LogP contribution >= 0.6 is 23.2 Å². The molecule has 0 saturated carbocycles. The molecule has 1 saturated heterocycles. The summed E-state index contributed by atoms with van der Waals surface area (Å²) in [5.74, 6) is 1.55. The molecule has 1 N–H and O–H groups in total. The third-order valence-electron chi connectivity index (χ3n) is 4.41. The summed E-state index contributed by atoms with van der Waals surface area (Å²) in [5, 5.41) is 4.37. The van der Waals surface area contributed by atoms with Crippen molar-refractivity contribution >= 4 is 40.7 Å². The smallest absolute Gasteiger partial charge is 0.229 e. The Morgan fingerprint density at radius 2 is 2.04 bits per heavy atom. The van der Waals surface area contributed by atoms with E-state index in [-0.39, 0.29) is 0 Å². The number of halogens is 2. The summed E-state index contributed by atoms with van der Waals surface area (Å²) >= 11 is 12.2. The molecule has 24 heavy (non-hydrogen) atoms. The fraction of sp³-hybridized carbons (Fsp3) is 0.444. The Bertz CT molecular complexity index is 720. The van der Waals surface area contributed by atoms with E-state index in [4.69, 9.17) is 28.2 Å². The van der Waals surface area contributed by atoms with Gasteiger partial charge in [-0.1, -0.05) is 30.1 Å². The molecule has 1 aromatic carbocycles. The van der Waals surface area contributed by atoms with E-state index in [1.807, 2.05) is 13.0 Å². The van der Waals surface area contributed by atoms with Crippen molar-refractivity contribution in [2.24, 2.45) is 0 Å². The molecule has 0 aliphatic carbocycles. The molecule has 1 aromatic heterocycles. The molecule has 1 unspecified atom stereocenters. The van der Waals surface area contributed by atoms with Gasteiger partial charge in [-0.05, 0) is 50.8 Å². The van der Waals surface area contributed by atoms with Crippen molar-refractivity contribution in [3.63, 3.8) is 0 Å². The van der Waals surface area contributed by atoms with Gasteiger partial charge in [-0.15, -0.1) is 0 Å². The first-order valence-corrected chi connectivity index (χ1v) is 9.17. The molecule has 6 heteroatoms. The minimum absolute atomic E-state index is 0.554. The lowest BCUT2D eigenvalue weighted by Crippen LogP contribution is -2.39. The van der Waals surface area contributed by atoms with E-state index in [1.54, 1.807) is 12.1 Å². The minimum Gasteiger partial charge on any atom is -0.353 e. The second-order valence-corrected chi connectivity index (χ2v) is 7.04. The second-order valence-electron chi connectivity index (χ2n) is 6.19. The third-order valence-corrected chi connectivity index (χ3v) is 4.96. The van der Waals surface area contributed by atoms with Crippen LogP contribution in [-0.4, -0.2) is 22.6 Å². The fourth-order valence-electron chi connectivity index (χ4n) is 3.19. The number of anilines is 3. The molecule has 2 heterocycles. The van der Waals surface area contributed by atoms with Gasteiger partial charge in [-0.25, -0.2) is 4.98 Å². The maximum absolute atomic E-state index is 6.24. The lowest BCUT2D eigenvalue weighted by atomic mass is 10.00. The summed E-state index contributed by atoms with van der Waals surface area (Å²) in [6.45, 7) is 5.28. The highest BCUT2D eigenvalue weighted by molar-refractivity contribution is 6.36. The standard InChI is InChI=1S/C18H22Cl2N4/c1-3-14-6-4-5-9-24(14)17-10-12(2)21-18(23-17)22-16-8-7-13(19)11-15(16)20/h7-8,10-11,14H,3-6,9H2,1-2H3,(H,21,22,23). The first kappa shape index (κ1) is 17.3. The summed E-state index contributed by atoms with van der Waals surface area (Å²) in [6.07, 6.45) is 4.87. The molecule has 0 amide bonds. The first-order valence-electron chi connectivity index (χ1n) is 8.41. The van der Waals surface area contributed by atoms with Crippen molar-refractivity contribution in [1.82, 2.24) is 9.97 Å². The summed E-state index contributed by atoms with van der Waals surface area (Å²) in [7, 11) is 0. The molecule has 128 valence electrons. The van der Waals surface area contributed by atoms with Crippen LogP contribution in [0.3, 0.4) is 0 Å². The molecule has 3 rings (SSSR count). The Balaban J connectivity index is 1.88. The summed E-state index contributed by atoms with van der Waals surface area (Å²) < 4.78 is 0. The Morgan fingerprint density at radius 3 is 2.79 bits per heavy atom. The van der Waals surface area contributed by atoms with Crippen LogP contribution in [0.5, 0.6) is 0 Å². The lowest BCUT2D eigenvalue weighted by Gasteiger charge is -2.36. The average Bonchev–Trinajstić information content (AvgIpc) is 2.57. The molecule has 1 atom stereocenters. The highest BCUT2D eigenvalue weighted by atomic mass is 35.5. The number of benzene rings is 1. The van der Waals surface area contributed by atoms with Gasteiger partial charge in [0.15, 0.2) is 0 Å². The summed E-state index contributed by atoms with van der Waals surface area (Å²) in [4.78, 5) is 11.6. The van der Waals surface area contributed by atoms with Crippen LogP contribution in [0.1, 0.15) is 38.3 Å². The van der Waals surface area contributed by atoms with Gasteiger partial charge in [0, 0.05) is 29.4 Å². The SMILES string of the molecule is CCC1CCCCN1c1cc(C)nc(Nc2ccc(Cl)cc2Cl)n1. The van der Waals surface area contributed by atoms with Gasteiger partial charge in [-0.2, -0.15) is 4.98 Å². The molecule has 1 aliphatic heterocycles. The first-order chi connectivity index (χ1) is 11.6. The zero-order chi connectivity index (χ0) is 17.1. The van der Waals surface area contributed by atoms with Crippen LogP contribution in [0.15, 0.2) is 24.3 Å². The van der Waals surface area contributed by atoms with Crippen molar-refractivity contribution < 1.29 is 0 Å². The average molecular weight is 365 g/mol. The molecule has 1 fully saturated rings.